The average Bonchev–Trinajstić information content (AvgIpc) is 4.32. The molecule has 4 N–H and O–H groups in total. The van der Waals surface area contributed by atoms with Crippen molar-refractivity contribution >= 4 is 11.4 Å². The van der Waals surface area contributed by atoms with E-state index >= 15 is 0 Å². The van der Waals surface area contributed by atoms with E-state index in [1.54, 1.807) is 43.2 Å². The number of aromatic nitrogens is 7. The Kier molecular flexibility index (Phi) is 13.0. The zero-order chi connectivity index (χ0) is 52.2. The van der Waals surface area contributed by atoms with Crippen LogP contribution in [0.1, 0.15) is 28.1 Å². The van der Waals surface area contributed by atoms with Crippen LogP contribution in [0.15, 0.2) is 211 Å². The molecule has 5 aromatic heterocycles. The molecule has 1 saturated heterocycles. The molecule has 1 atom stereocenters. The number of para-hydroxylation sites is 1. The molecule has 1 aliphatic rings. The Labute approximate surface area is 438 Å². The molecule has 0 aliphatic carbocycles. The maximum atomic E-state index is 12.4. The first-order valence-electron chi connectivity index (χ1n) is 24.9. The number of benzene rings is 6. The first-order valence-corrected chi connectivity index (χ1v) is 24.9. The minimum absolute atomic E-state index is 0.00936. The highest BCUT2D eigenvalue weighted by Gasteiger charge is 2.29. The highest BCUT2D eigenvalue weighted by atomic mass is 16.5. The van der Waals surface area contributed by atoms with Gasteiger partial charge in [-0.25, -0.2) is 24.4 Å². The number of anilines is 2. The molecule has 0 amide bonds. The summed E-state index contributed by atoms with van der Waals surface area (Å²) in [5.41, 5.74) is 8.14. The quantitative estimate of drug-likeness (QED) is 0.0668. The Bertz CT molecular complexity index is 4010. The Balaban J connectivity index is 0.743. The summed E-state index contributed by atoms with van der Waals surface area (Å²) in [5, 5.41) is 10.1. The van der Waals surface area contributed by atoms with Crippen molar-refractivity contribution in [3.8, 4) is 62.9 Å². The summed E-state index contributed by atoms with van der Waals surface area (Å²) < 4.78 is 33.3. The minimum atomic E-state index is -0.584. The number of rotatable bonds is 17. The number of nitrogens with one attached hydrogen (secondary N) is 3. The number of hydrogen-bond donors (Lipinski definition) is 4. The predicted octanol–water partition coefficient (Wildman–Crippen LogP) is 9.84. The van der Waals surface area contributed by atoms with Crippen molar-refractivity contribution in [1.82, 2.24) is 34.1 Å². The van der Waals surface area contributed by atoms with Crippen molar-refractivity contribution in [3.63, 3.8) is 0 Å². The number of ether oxygens (including phenoxy) is 2. The topological polar surface area (TPSA) is 219 Å². The van der Waals surface area contributed by atoms with Crippen molar-refractivity contribution in [2.75, 3.05) is 29.4 Å². The molecule has 12 rings (SSSR count). The van der Waals surface area contributed by atoms with Gasteiger partial charge in [0.25, 0.3) is 0 Å². The van der Waals surface area contributed by atoms with Crippen molar-refractivity contribution in [2.24, 2.45) is 0 Å². The highest BCUT2D eigenvalue weighted by Crippen LogP contribution is 2.35. The summed E-state index contributed by atoms with van der Waals surface area (Å²) in [6.45, 7) is 3.06. The lowest BCUT2D eigenvalue weighted by atomic mass is 10.0. The largest absolute Gasteiger partial charge is 0.508 e. The third kappa shape index (κ3) is 10.7. The van der Waals surface area contributed by atoms with Gasteiger partial charge in [0.05, 0.1) is 42.5 Å². The van der Waals surface area contributed by atoms with Gasteiger partial charge in [0.15, 0.2) is 11.5 Å². The molecule has 384 valence electrons. The fourth-order valence-electron chi connectivity index (χ4n) is 9.97. The van der Waals surface area contributed by atoms with E-state index in [0.717, 1.165) is 53.3 Å². The van der Waals surface area contributed by atoms with Crippen LogP contribution < -0.4 is 36.5 Å². The number of phenols is 1. The summed E-state index contributed by atoms with van der Waals surface area (Å²) in [6.07, 6.45) is 9.06. The van der Waals surface area contributed by atoms with Gasteiger partial charge in [-0.3, -0.25) is 15.0 Å². The third-order valence-electron chi connectivity index (χ3n) is 13.4. The van der Waals surface area contributed by atoms with Gasteiger partial charge in [-0.2, -0.15) is 0 Å². The van der Waals surface area contributed by atoms with Gasteiger partial charge in [0, 0.05) is 74.8 Å². The van der Waals surface area contributed by atoms with Gasteiger partial charge in [-0.1, -0.05) is 60.7 Å². The molecule has 1 unspecified atom stereocenters. The number of imidazole rings is 2. The summed E-state index contributed by atoms with van der Waals surface area (Å²) in [6, 6.07) is 48.4. The molecule has 0 bridgehead atoms. The van der Waals surface area contributed by atoms with Crippen molar-refractivity contribution in [2.45, 2.75) is 32.0 Å². The van der Waals surface area contributed by atoms with E-state index in [1.165, 1.54) is 6.20 Å². The Morgan fingerprint density at radius 2 is 1.16 bits per heavy atom. The summed E-state index contributed by atoms with van der Waals surface area (Å²) in [7, 11) is 0. The molecule has 77 heavy (non-hydrogen) atoms. The van der Waals surface area contributed by atoms with Crippen molar-refractivity contribution in [1.29, 1.82) is 0 Å². The maximum Gasteiger partial charge on any atom is 0.416 e. The molecular weight excluding hydrogens is 979 g/mol. The van der Waals surface area contributed by atoms with Gasteiger partial charge >= 0.3 is 17.3 Å². The summed E-state index contributed by atoms with van der Waals surface area (Å²) in [5.74, 6) is 2.31. The van der Waals surface area contributed by atoms with Crippen LogP contribution in [-0.4, -0.2) is 64.8 Å². The summed E-state index contributed by atoms with van der Waals surface area (Å²) in [4.78, 5) is 58.5. The normalized spacial score (nSPS) is 13.5. The standard InChI is InChI=1S/C59H49N9O9/c69-45-14-4-9-39(24-45)33-67-37-64-54(56(67)53-32-62-59(72)77-53)41-18-20-46(21-19-41)73-48-16-6-10-40(26-48)34-66-36-63-51(55(66)52-31-61-58(71)76-52)27-38-8-5-15-47(25-38)74-49-17-7-13-43(28-49)68-23-22-65(42-11-2-1-3-12-42)35-44(68)29-50-30-60-57(70)75-50/h1-21,24-26,28,30-32,36-37,44,69H,22-23,27,29,33-35H2,(H,60,70)(H,61,71)(H,62,72). The van der Waals surface area contributed by atoms with Crippen LogP contribution in [0.2, 0.25) is 0 Å². The first kappa shape index (κ1) is 47.8. The van der Waals surface area contributed by atoms with Gasteiger partial charge < -0.3 is 46.8 Å². The second kappa shape index (κ2) is 20.9. The number of nitrogens with zero attached hydrogens (tertiary/aromatic N) is 6. The van der Waals surface area contributed by atoms with E-state index in [2.05, 4.69) is 43.0 Å². The van der Waals surface area contributed by atoms with E-state index in [9.17, 15) is 19.5 Å². The number of phenolic OH excluding ortho intramolecular Hbond substituents is 1. The van der Waals surface area contributed by atoms with Crippen LogP contribution in [-0.2, 0) is 25.9 Å². The lowest BCUT2D eigenvalue weighted by Crippen LogP contribution is -2.54. The maximum absolute atomic E-state index is 12.4. The van der Waals surface area contributed by atoms with Crippen LogP contribution >= 0.6 is 0 Å². The molecule has 6 heterocycles. The molecule has 0 radical (unpaired) electrons. The van der Waals surface area contributed by atoms with E-state index in [-0.39, 0.29) is 11.8 Å². The van der Waals surface area contributed by atoms with Gasteiger partial charge in [-0.15, -0.1) is 0 Å². The number of aromatic amines is 3. The number of oxazole rings is 3. The number of H-pyrrole nitrogens is 3. The molecule has 0 saturated carbocycles. The highest BCUT2D eigenvalue weighted by molar-refractivity contribution is 5.76. The molecule has 1 aliphatic heterocycles. The van der Waals surface area contributed by atoms with E-state index in [1.807, 2.05) is 124 Å². The molecule has 6 aromatic carbocycles. The lowest BCUT2D eigenvalue weighted by molar-refractivity contribution is 0.429. The lowest BCUT2D eigenvalue weighted by Gasteiger charge is -2.43. The average molecular weight is 1030 g/mol. The monoisotopic (exact) mass is 1030 g/mol. The second-order valence-electron chi connectivity index (χ2n) is 18.7. The third-order valence-corrected chi connectivity index (χ3v) is 13.4. The van der Waals surface area contributed by atoms with E-state index < -0.39 is 17.3 Å². The molecule has 1 fully saturated rings. The van der Waals surface area contributed by atoms with Crippen LogP contribution in [0.5, 0.6) is 28.7 Å². The van der Waals surface area contributed by atoms with Crippen LogP contribution in [0, 0.1) is 0 Å². The fraction of sp³-hybridized carbons (Fsp3) is 0.136. The van der Waals surface area contributed by atoms with Gasteiger partial charge in [0.1, 0.15) is 45.9 Å². The molecule has 18 heteroatoms. The number of hydrogen-bond acceptors (Lipinski definition) is 13. The zero-order valence-corrected chi connectivity index (χ0v) is 41.2. The molecule has 11 aromatic rings. The van der Waals surface area contributed by atoms with Crippen molar-refractivity contribution < 1.29 is 27.8 Å². The number of piperazine rings is 1. The second-order valence-corrected chi connectivity index (χ2v) is 18.7. The molecule has 18 nitrogen and oxygen atoms in total. The SMILES string of the molecule is O=c1[nH]cc(CC2CN(c3ccccc3)CCN2c2cccc(Oc3cccc(Cc4ncn(Cc5cccc(Oc6ccc(-c7ncn(Cc8cccc(O)c8)c7-c7c[nH]c(=O)o7)cc6)c5)c4-c4c[nH]c(=O)o4)c3)c2)o1. The van der Waals surface area contributed by atoms with Gasteiger partial charge in [0.2, 0.25) is 0 Å². The Morgan fingerprint density at radius 1 is 0.558 bits per heavy atom. The van der Waals surface area contributed by atoms with E-state index in [4.69, 9.17) is 32.7 Å². The first-order chi connectivity index (χ1) is 37.7. The smallest absolute Gasteiger partial charge is 0.416 e. The number of aromatic hydroxyl groups is 1. The van der Waals surface area contributed by atoms with Crippen LogP contribution in [0.25, 0.3) is 34.2 Å². The van der Waals surface area contributed by atoms with Crippen molar-refractivity contribution in [3.05, 3.63) is 243 Å². The van der Waals surface area contributed by atoms with Crippen LogP contribution in [0.4, 0.5) is 11.4 Å². The van der Waals surface area contributed by atoms with E-state index in [0.29, 0.717) is 89.0 Å². The zero-order valence-electron chi connectivity index (χ0n) is 41.2. The Morgan fingerprint density at radius 3 is 1.86 bits per heavy atom. The molecule has 0 spiro atoms. The Hall–Kier alpha value is -10.2. The predicted molar refractivity (Wildman–Crippen MR) is 288 cm³/mol. The minimum Gasteiger partial charge on any atom is -0.508 e. The molecular formula is C59H49N9O9. The fourth-order valence-corrected chi connectivity index (χ4v) is 9.97. The summed E-state index contributed by atoms with van der Waals surface area (Å²) >= 11 is 0. The van der Waals surface area contributed by atoms with Crippen LogP contribution in [0.3, 0.4) is 0 Å². The van der Waals surface area contributed by atoms with Gasteiger partial charge in [-0.05, 0) is 102 Å².